The van der Waals surface area contributed by atoms with Crippen LogP contribution < -0.4 is 10.6 Å². The van der Waals surface area contributed by atoms with Crippen LogP contribution in [0.4, 0.5) is 0 Å². The molecule has 0 saturated carbocycles. The molecular formula is C27H37N3O6. The Kier molecular flexibility index (Phi) is 11.7. The number of nitrogens with one attached hydrogen (secondary N) is 3. The molecular weight excluding hydrogens is 462 g/mol. The molecule has 36 heavy (non-hydrogen) atoms. The number of methoxy groups -OCH3 is 2. The minimum atomic E-state index is -0.757. The fraction of sp³-hybridized carbons (Fsp3) is 0.481. The van der Waals surface area contributed by atoms with E-state index in [4.69, 9.17) is 9.47 Å². The molecule has 2 atom stereocenters. The van der Waals surface area contributed by atoms with Gasteiger partial charge in [-0.1, -0.05) is 44.2 Å². The van der Waals surface area contributed by atoms with E-state index >= 15 is 0 Å². The van der Waals surface area contributed by atoms with Gasteiger partial charge in [0.2, 0.25) is 11.8 Å². The van der Waals surface area contributed by atoms with Gasteiger partial charge in [0.25, 0.3) is 0 Å². The van der Waals surface area contributed by atoms with Gasteiger partial charge in [0, 0.05) is 30.7 Å². The van der Waals surface area contributed by atoms with Crippen molar-refractivity contribution >= 4 is 23.8 Å². The van der Waals surface area contributed by atoms with Crippen LogP contribution in [0.3, 0.4) is 0 Å². The van der Waals surface area contributed by atoms with Gasteiger partial charge in [-0.05, 0) is 42.9 Å². The zero-order chi connectivity index (χ0) is 26.5. The van der Waals surface area contributed by atoms with E-state index in [1.165, 1.54) is 14.2 Å². The quantitative estimate of drug-likeness (QED) is 0.343. The van der Waals surface area contributed by atoms with Crippen LogP contribution in [0.1, 0.15) is 50.1 Å². The molecule has 196 valence electrons. The average Bonchev–Trinajstić information content (AvgIpc) is 3.32. The molecule has 0 aliphatic rings. The first-order valence-electron chi connectivity index (χ1n) is 12.2. The number of rotatable bonds is 14. The van der Waals surface area contributed by atoms with E-state index in [1.807, 2.05) is 56.3 Å². The Bertz CT molecular complexity index is 1000. The summed E-state index contributed by atoms with van der Waals surface area (Å²) in [5.41, 5.74) is 2.63. The maximum atomic E-state index is 12.5. The predicted molar refractivity (Wildman–Crippen MR) is 135 cm³/mol. The molecule has 1 heterocycles. The third kappa shape index (κ3) is 9.93. The van der Waals surface area contributed by atoms with E-state index in [2.05, 4.69) is 15.6 Å². The summed E-state index contributed by atoms with van der Waals surface area (Å²) in [6, 6.07) is 11.8. The Balaban J connectivity index is 1.81. The van der Waals surface area contributed by atoms with Crippen molar-refractivity contribution in [1.29, 1.82) is 0 Å². The van der Waals surface area contributed by atoms with Crippen LogP contribution >= 0.6 is 0 Å². The lowest BCUT2D eigenvalue weighted by atomic mass is 10.0. The van der Waals surface area contributed by atoms with Crippen molar-refractivity contribution < 1.29 is 28.7 Å². The molecule has 0 spiro atoms. The largest absolute Gasteiger partial charge is 0.467 e. The van der Waals surface area contributed by atoms with Crippen molar-refractivity contribution in [2.24, 2.45) is 5.92 Å². The molecule has 0 bridgehead atoms. The summed E-state index contributed by atoms with van der Waals surface area (Å²) in [5, 5.41) is 5.51. The normalized spacial score (nSPS) is 12.5. The molecule has 0 fully saturated rings. The first-order valence-corrected chi connectivity index (χ1v) is 12.2. The highest BCUT2D eigenvalue weighted by Crippen LogP contribution is 2.10. The number of H-pyrrole nitrogens is 1. The average molecular weight is 500 g/mol. The van der Waals surface area contributed by atoms with E-state index in [0.29, 0.717) is 25.7 Å². The SMILES string of the molecule is COC(=O)[C@H](Cc1ccccc1)NC(=O)CCc1ccc(CCC(=O)N[C@@H](CC(C)C)C(=O)OC)[nH]1. The van der Waals surface area contributed by atoms with Gasteiger partial charge >= 0.3 is 11.9 Å². The van der Waals surface area contributed by atoms with Crippen LogP contribution in [-0.4, -0.2) is 55.0 Å². The van der Waals surface area contributed by atoms with Gasteiger partial charge in [-0.2, -0.15) is 0 Å². The third-order valence-corrected chi connectivity index (χ3v) is 5.68. The summed E-state index contributed by atoms with van der Waals surface area (Å²) < 4.78 is 9.62. The van der Waals surface area contributed by atoms with Crippen LogP contribution in [0.25, 0.3) is 0 Å². The van der Waals surface area contributed by atoms with Gasteiger partial charge in [-0.25, -0.2) is 9.59 Å². The predicted octanol–water partition coefficient (Wildman–Crippen LogP) is 2.48. The lowest BCUT2D eigenvalue weighted by Gasteiger charge is -2.18. The number of amides is 2. The number of carbonyl (C=O) groups is 4. The molecule has 9 heteroatoms. The van der Waals surface area contributed by atoms with Crippen molar-refractivity contribution in [2.75, 3.05) is 14.2 Å². The Hall–Kier alpha value is -3.62. The Morgan fingerprint density at radius 2 is 1.28 bits per heavy atom. The second-order valence-corrected chi connectivity index (χ2v) is 9.11. The molecule has 2 amide bonds. The Labute approximate surface area is 212 Å². The van der Waals surface area contributed by atoms with Crippen LogP contribution in [0.2, 0.25) is 0 Å². The van der Waals surface area contributed by atoms with Crippen molar-refractivity contribution in [3.05, 3.63) is 59.4 Å². The first-order chi connectivity index (χ1) is 17.2. The zero-order valence-electron chi connectivity index (χ0n) is 21.5. The third-order valence-electron chi connectivity index (χ3n) is 5.68. The highest BCUT2D eigenvalue weighted by molar-refractivity contribution is 5.85. The van der Waals surface area contributed by atoms with E-state index < -0.39 is 24.0 Å². The Morgan fingerprint density at radius 3 is 1.78 bits per heavy atom. The summed E-state index contributed by atoms with van der Waals surface area (Å²) in [6.45, 7) is 3.95. The number of benzene rings is 1. The maximum Gasteiger partial charge on any atom is 0.328 e. The molecule has 0 unspecified atom stereocenters. The number of hydrogen-bond donors (Lipinski definition) is 3. The molecule has 3 N–H and O–H groups in total. The summed E-state index contributed by atoms with van der Waals surface area (Å²) in [7, 11) is 2.61. The number of aromatic amines is 1. The van der Waals surface area contributed by atoms with Crippen LogP contribution in [0.15, 0.2) is 42.5 Å². The molecule has 9 nitrogen and oxygen atoms in total. The number of aryl methyl sites for hydroxylation is 2. The molecule has 1 aromatic heterocycles. The monoisotopic (exact) mass is 499 g/mol. The molecule has 2 aromatic rings. The summed E-state index contributed by atoms with van der Waals surface area (Å²) in [4.78, 5) is 52.1. The maximum absolute atomic E-state index is 12.5. The van der Waals surface area contributed by atoms with E-state index in [-0.39, 0.29) is 30.6 Å². The summed E-state index contributed by atoms with van der Waals surface area (Å²) in [6.07, 6.45) is 2.19. The minimum Gasteiger partial charge on any atom is -0.467 e. The summed E-state index contributed by atoms with van der Waals surface area (Å²) in [5.74, 6) is -1.19. The fourth-order valence-electron chi connectivity index (χ4n) is 3.82. The molecule has 0 aliphatic heterocycles. The lowest BCUT2D eigenvalue weighted by molar-refractivity contribution is -0.145. The number of carbonyl (C=O) groups excluding carboxylic acids is 4. The molecule has 0 saturated heterocycles. The summed E-state index contributed by atoms with van der Waals surface area (Å²) >= 11 is 0. The van der Waals surface area contributed by atoms with Gasteiger partial charge in [0.1, 0.15) is 12.1 Å². The highest BCUT2D eigenvalue weighted by Gasteiger charge is 2.23. The molecule has 0 radical (unpaired) electrons. The minimum absolute atomic E-state index is 0.193. The van der Waals surface area contributed by atoms with Gasteiger partial charge in [0.15, 0.2) is 0 Å². The zero-order valence-corrected chi connectivity index (χ0v) is 21.5. The van der Waals surface area contributed by atoms with Crippen molar-refractivity contribution in [2.45, 2.75) is 64.5 Å². The second kappa shape index (κ2) is 14.7. The smallest absolute Gasteiger partial charge is 0.328 e. The standard InChI is InChI=1S/C27H37N3O6/c1-18(2)16-22(26(33)35-3)29-24(31)14-12-20-10-11-21(28-20)13-15-25(32)30-23(27(34)36-4)17-19-8-6-5-7-9-19/h5-11,18,22-23,28H,12-17H2,1-4H3,(H,29,31)(H,30,32)/t22-,23-/m0/s1. The van der Waals surface area contributed by atoms with Crippen molar-refractivity contribution in [1.82, 2.24) is 15.6 Å². The highest BCUT2D eigenvalue weighted by atomic mass is 16.5. The number of aromatic nitrogens is 1. The molecule has 0 aliphatic carbocycles. The molecule has 2 rings (SSSR count). The van der Waals surface area contributed by atoms with E-state index in [9.17, 15) is 19.2 Å². The number of esters is 2. The molecule has 1 aromatic carbocycles. The van der Waals surface area contributed by atoms with Crippen molar-refractivity contribution in [3.8, 4) is 0 Å². The van der Waals surface area contributed by atoms with Gasteiger partial charge in [-0.15, -0.1) is 0 Å². The van der Waals surface area contributed by atoms with Crippen LogP contribution in [0.5, 0.6) is 0 Å². The van der Waals surface area contributed by atoms with Gasteiger partial charge in [-0.3, -0.25) is 9.59 Å². The van der Waals surface area contributed by atoms with Gasteiger partial charge in [0.05, 0.1) is 14.2 Å². The Morgan fingerprint density at radius 1 is 0.778 bits per heavy atom. The van der Waals surface area contributed by atoms with Gasteiger partial charge < -0.3 is 25.1 Å². The lowest BCUT2D eigenvalue weighted by Crippen LogP contribution is -2.43. The number of hydrogen-bond acceptors (Lipinski definition) is 6. The second-order valence-electron chi connectivity index (χ2n) is 9.11. The number of ether oxygens (including phenoxy) is 2. The van der Waals surface area contributed by atoms with E-state index in [1.54, 1.807) is 0 Å². The van der Waals surface area contributed by atoms with E-state index in [0.717, 1.165) is 17.0 Å². The first kappa shape index (κ1) is 28.6. The van der Waals surface area contributed by atoms with Crippen LogP contribution in [0, 0.1) is 5.92 Å². The topological polar surface area (TPSA) is 127 Å². The van der Waals surface area contributed by atoms with Crippen molar-refractivity contribution in [3.63, 3.8) is 0 Å². The fourth-order valence-corrected chi connectivity index (χ4v) is 3.82. The van der Waals surface area contributed by atoms with Crippen LogP contribution in [-0.2, 0) is 47.9 Å².